The van der Waals surface area contributed by atoms with E-state index in [-0.39, 0.29) is 42.0 Å². The fourth-order valence-electron chi connectivity index (χ4n) is 3.31. The molecule has 3 rings (SSSR count). The van der Waals surface area contributed by atoms with Crippen LogP contribution in [-0.2, 0) is 10.0 Å². The third-order valence-electron chi connectivity index (χ3n) is 5.05. The van der Waals surface area contributed by atoms with Crippen molar-refractivity contribution in [1.82, 2.24) is 9.21 Å². The Balaban J connectivity index is 1.75. The molecule has 1 aliphatic rings. The molecule has 1 fully saturated rings. The Kier molecular flexibility index (Phi) is 6.54. The summed E-state index contributed by atoms with van der Waals surface area (Å²) in [4.78, 5) is 14.4. The van der Waals surface area contributed by atoms with Gasteiger partial charge in [-0.3, -0.25) is 4.79 Å². The van der Waals surface area contributed by atoms with Gasteiger partial charge in [-0.15, -0.1) is 0 Å². The molecule has 7 nitrogen and oxygen atoms in total. The fraction of sp³-hybridized carbons (Fsp3) is 0.350. The van der Waals surface area contributed by atoms with Crippen LogP contribution in [0.5, 0.6) is 11.5 Å². The molecule has 0 bridgehead atoms. The highest BCUT2D eigenvalue weighted by Gasteiger charge is 2.31. The quantitative estimate of drug-likeness (QED) is 0.691. The van der Waals surface area contributed by atoms with Gasteiger partial charge in [0, 0.05) is 37.3 Å². The predicted octanol–water partition coefficient (Wildman–Crippen LogP) is 2.95. The third-order valence-corrected chi connectivity index (χ3v) is 7.24. The first-order valence-corrected chi connectivity index (χ1v) is 11.0. The molecule has 0 atom stereocenters. The molecule has 0 unspecified atom stereocenters. The zero-order valence-corrected chi connectivity index (χ0v) is 18.4. The molecule has 0 radical (unpaired) electrons. The molecule has 1 saturated heterocycles. The number of halogens is 2. The zero-order chi connectivity index (χ0) is 22.1. The Hall–Kier alpha value is -2.36. The van der Waals surface area contributed by atoms with Crippen molar-refractivity contribution in [3.8, 4) is 11.5 Å². The van der Waals surface area contributed by atoms with Crippen LogP contribution in [0.25, 0.3) is 0 Å². The smallest absolute Gasteiger partial charge is 0.254 e. The highest BCUT2D eigenvalue weighted by molar-refractivity contribution is 7.89. The second-order valence-electron chi connectivity index (χ2n) is 6.78. The van der Waals surface area contributed by atoms with Crippen LogP contribution in [0.1, 0.15) is 15.9 Å². The van der Waals surface area contributed by atoms with Crippen LogP contribution in [0.15, 0.2) is 35.2 Å². The summed E-state index contributed by atoms with van der Waals surface area (Å²) < 4.78 is 50.9. The van der Waals surface area contributed by atoms with Crippen LogP contribution in [0.3, 0.4) is 0 Å². The minimum atomic E-state index is -3.84. The minimum Gasteiger partial charge on any atom is -0.496 e. The second-order valence-corrected chi connectivity index (χ2v) is 9.12. The molecule has 0 aromatic heterocycles. The molecular weight excluding hydrogens is 435 g/mol. The first kappa shape index (κ1) is 22.3. The number of rotatable bonds is 5. The lowest BCUT2D eigenvalue weighted by Gasteiger charge is -2.34. The normalized spacial score (nSPS) is 15.2. The van der Waals surface area contributed by atoms with Crippen LogP contribution >= 0.6 is 11.6 Å². The lowest BCUT2D eigenvalue weighted by molar-refractivity contribution is 0.0697. The van der Waals surface area contributed by atoms with Gasteiger partial charge in [0.1, 0.15) is 17.3 Å². The summed E-state index contributed by atoms with van der Waals surface area (Å²) in [6.45, 7) is 2.49. The summed E-state index contributed by atoms with van der Waals surface area (Å²) >= 11 is 5.72. The van der Waals surface area contributed by atoms with Crippen molar-refractivity contribution in [2.24, 2.45) is 0 Å². The standard InChI is InChI=1S/C20H22ClFN2O5S/c1-13-18(28-2)10-14(11-19(13)29-3)20(25)23-6-8-24(9-7-23)30(26,27)15-4-5-17(22)16(21)12-15/h4-5,10-12H,6-9H2,1-3H3. The highest BCUT2D eigenvalue weighted by atomic mass is 35.5. The topological polar surface area (TPSA) is 76.2 Å². The van der Waals surface area contributed by atoms with E-state index in [1.807, 2.05) is 6.92 Å². The average molecular weight is 457 g/mol. The lowest BCUT2D eigenvalue weighted by atomic mass is 10.1. The van der Waals surface area contributed by atoms with Gasteiger partial charge in [-0.25, -0.2) is 12.8 Å². The van der Waals surface area contributed by atoms with Crippen LogP contribution < -0.4 is 9.47 Å². The highest BCUT2D eigenvalue weighted by Crippen LogP contribution is 2.30. The molecule has 1 amide bonds. The molecular formula is C20H22ClFN2O5S. The van der Waals surface area contributed by atoms with Crippen molar-refractivity contribution in [2.75, 3.05) is 40.4 Å². The Morgan fingerprint density at radius 1 is 1.03 bits per heavy atom. The number of sulfonamides is 1. The molecule has 30 heavy (non-hydrogen) atoms. The van der Waals surface area contributed by atoms with Crippen molar-refractivity contribution in [1.29, 1.82) is 0 Å². The molecule has 0 spiro atoms. The van der Waals surface area contributed by atoms with Crippen molar-refractivity contribution in [2.45, 2.75) is 11.8 Å². The van der Waals surface area contributed by atoms with Crippen LogP contribution in [0.2, 0.25) is 5.02 Å². The number of nitrogens with zero attached hydrogens (tertiary/aromatic N) is 2. The van der Waals surface area contributed by atoms with E-state index in [1.54, 1.807) is 17.0 Å². The average Bonchev–Trinajstić information content (AvgIpc) is 2.75. The predicted molar refractivity (Wildman–Crippen MR) is 110 cm³/mol. The Morgan fingerprint density at radius 2 is 1.60 bits per heavy atom. The molecule has 0 aliphatic carbocycles. The van der Waals surface area contributed by atoms with Crippen LogP contribution in [-0.4, -0.2) is 63.9 Å². The van der Waals surface area contributed by atoms with Crippen LogP contribution in [0, 0.1) is 12.7 Å². The van der Waals surface area contributed by atoms with Crippen molar-refractivity contribution < 1.29 is 27.1 Å². The summed E-state index contributed by atoms with van der Waals surface area (Å²) in [5.41, 5.74) is 1.18. The SMILES string of the molecule is COc1cc(C(=O)N2CCN(S(=O)(=O)c3ccc(F)c(Cl)c3)CC2)cc(OC)c1C. The van der Waals surface area contributed by atoms with Gasteiger partial charge in [0.05, 0.1) is 24.1 Å². The van der Waals surface area contributed by atoms with E-state index in [9.17, 15) is 17.6 Å². The van der Waals surface area contributed by atoms with E-state index in [1.165, 1.54) is 24.6 Å². The van der Waals surface area contributed by atoms with Gasteiger partial charge < -0.3 is 14.4 Å². The van der Waals surface area contributed by atoms with Gasteiger partial charge in [0.15, 0.2) is 0 Å². The van der Waals surface area contributed by atoms with E-state index >= 15 is 0 Å². The Labute approximate surface area is 180 Å². The Bertz CT molecular complexity index is 1040. The molecule has 162 valence electrons. The van der Waals surface area contributed by atoms with Crippen molar-refractivity contribution >= 4 is 27.5 Å². The Morgan fingerprint density at radius 3 is 2.10 bits per heavy atom. The number of hydrogen-bond donors (Lipinski definition) is 0. The fourth-order valence-corrected chi connectivity index (χ4v) is 5.00. The first-order chi connectivity index (χ1) is 14.2. The van der Waals surface area contributed by atoms with E-state index in [2.05, 4.69) is 0 Å². The molecule has 1 aliphatic heterocycles. The maximum absolute atomic E-state index is 13.4. The molecule has 2 aromatic rings. The summed E-state index contributed by atoms with van der Waals surface area (Å²) in [5, 5.41) is -0.257. The van der Waals surface area contributed by atoms with Crippen molar-refractivity contribution in [3.63, 3.8) is 0 Å². The lowest BCUT2D eigenvalue weighted by Crippen LogP contribution is -2.50. The molecule has 0 N–H and O–H groups in total. The van der Waals surface area contributed by atoms with Gasteiger partial charge in [-0.05, 0) is 37.3 Å². The number of amides is 1. The number of carbonyl (C=O) groups excluding carboxylic acids is 1. The maximum atomic E-state index is 13.4. The van der Waals surface area contributed by atoms with E-state index < -0.39 is 15.8 Å². The monoisotopic (exact) mass is 456 g/mol. The summed E-state index contributed by atoms with van der Waals surface area (Å²) in [7, 11) is -0.807. The largest absolute Gasteiger partial charge is 0.496 e. The van der Waals surface area contributed by atoms with Gasteiger partial charge in [0.25, 0.3) is 5.91 Å². The molecule has 0 saturated carbocycles. The maximum Gasteiger partial charge on any atom is 0.254 e. The number of ether oxygens (including phenoxy) is 2. The van der Waals surface area contributed by atoms with E-state index in [0.29, 0.717) is 17.1 Å². The van der Waals surface area contributed by atoms with Crippen molar-refractivity contribution in [3.05, 3.63) is 52.3 Å². The summed E-state index contributed by atoms with van der Waals surface area (Å²) in [6.07, 6.45) is 0. The first-order valence-electron chi connectivity index (χ1n) is 9.16. The van der Waals surface area contributed by atoms with Gasteiger partial charge in [-0.2, -0.15) is 4.31 Å². The van der Waals surface area contributed by atoms with Gasteiger partial charge >= 0.3 is 0 Å². The molecule has 2 aromatic carbocycles. The molecule has 10 heteroatoms. The number of piperazine rings is 1. The number of hydrogen-bond acceptors (Lipinski definition) is 5. The van der Waals surface area contributed by atoms with E-state index in [4.69, 9.17) is 21.1 Å². The third kappa shape index (κ3) is 4.23. The minimum absolute atomic E-state index is 0.0818. The zero-order valence-electron chi connectivity index (χ0n) is 16.8. The summed E-state index contributed by atoms with van der Waals surface area (Å²) in [5.74, 6) is 0.141. The molecule has 1 heterocycles. The van der Waals surface area contributed by atoms with Crippen LogP contribution in [0.4, 0.5) is 4.39 Å². The second kappa shape index (κ2) is 8.79. The summed E-state index contributed by atoms with van der Waals surface area (Å²) in [6, 6.07) is 6.58. The van der Waals surface area contributed by atoms with Gasteiger partial charge in [0.2, 0.25) is 10.0 Å². The number of benzene rings is 2. The van der Waals surface area contributed by atoms with Gasteiger partial charge in [-0.1, -0.05) is 11.6 Å². The number of carbonyl (C=O) groups is 1. The number of methoxy groups -OCH3 is 2. The van der Waals surface area contributed by atoms with E-state index in [0.717, 1.165) is 17.7 Å².